The highest BCUT2D eigenvalue weighted by molar-refractivity contribution is 7.07. The highest BCUT2D eigenvalue weighted by Gasteiger charge is 2.35. The molecule has 0 radical (unpaired) electrons. The molecular weight excluding hydrogens is 258 g/mol. The van der Waals surface area contributed by atoms with E-state index in [0.717, 1.165) is 6.54 Å². The van der Waals surface area contributed by atoms with Crippen molar-refractivity contribution < 1.29 is 4.79 Å². The fraction of sp³-hybridized carbons (Fsp3) is 0.643. The van der Waals surface area contributed by atoms with E-state index in [1.54, 1.807) is 11.3 Å². The van der Waals surface area contributed by atoms with Crippen LogP contribution in [0.1, 0.15) is 31.5 Å². The first-order valence-corrected chi connectivity index (χ1v) is 7.99. The van der Waals surface area contributed by atoms with Crippen LogP contribution in [-0.4, -0.2) is 47.9 Å². The van der Waals surface area contributed by atoms with Gasteiger partial charge in [-0.1, -0.05) is 0 Å². The average molecular weight is 279 g/mol. The van der Waals surface area contributed by atoms with Gasteiger partial charge in [-0.2, -0.15) is 11.3 Å². The monoisotopic (exact) mass is 279 g/mol. The van der Waals surface area contributed by atoms with Gasteiger partial charge in [0.2, 0.25) is 5.91 Å². The van der Waals surface area contributed by atoms with Crippen molar-refractivity contribution in [2.24, 2.45) is 0 Å². The van der Waals surface area contributed by atoms with E-state index >= 15 is 0 Å². The quantitative estimate of drug-likeness (QED) is 0.910. The Kier molecular flexibility index (Phi) is 3.86. The highest BCUT2D eigenvalue weighted by atomic mass is 32.1. The van der Waals surface area contributed by atoms with Gasteiger partial charge in [-0.25, -0.2) is 0 Å². The minimum absolute atomic E-state index is 0.0661. The maximum absolute atomic E-state index is 12.1. The van der Waals surface area contributed by atoms with Crippen LogP contribution in [0, 0.1) is 0 Å². The summed E-state index contributed by atoms with van der Waals surface area (Å²) < 4.78 is 0. The van der Waals surface area contributed by atoms with Crippen LogP contribution in [0.15, 0.2) is 16.8 Å². The molecule has 4 nitrogen and oxygen atoms in total. The fourth-order valence-corrected chi connectivity index (χ4v) is 3.83. The van der Waals surface area contributed by atoms with Gasteiger partial charge in [0.15, 0.2) is 0 Å². The number of rotatable bonds is 4. The van der Waals surface area contributed by atoms with E-state index in [9.17, 15) is 4.79 Å². The van der Waals surface area contributed by atoms with Gasteiger partial charge in [0.25, 0.3) is 0 Å². The molecule has 0 aromatic carbocycles. The van der Waals surface area contributed by atoms with Gasteiger partial charge in [0.05, 0.1) is 6.54 Å². The first-order valence-electron chi connectivity index (χ1n) is 7.04. The summed E-state index contributed by atoms with van der Waals surface area (Å²) in [5.41, 5.74) is 1.21. The number of carbonyl (C=O) groups is 1. The van der Waals surface area contributed by atoms with Crippen molar-refractivity contribution in [3.8, 4) is 0 Å². The molecule has 3 rings (SSSR count). The van der Waals surface area contributed by atoms with Crippen molar-refractivity contribution in [3.63, 3.8) is 0 Å². The van der Waals surface area contributed by atoms with Crippen LogP contribution >= 0.6 is 11.3 Å². The van der Waals surface area contributed by atoms with Crippen LogP contribution in [-0.2, 0) is 4.79 Å². The zero-order chi connectivity index (χ0) is 13.2. The zero-order valence-corrected chi connectivity index (χ0v) is 12.2. The van der Waals surface area contributed by atoms with Gasteiger partial charge < -0.3 is 9.80 Å². The first-order chi connectivity index (χ1) is 9.25. The number of carbonyl (C=O) groups excluding carboxylic acids is 1. The Morgan fingerprint density at radius 2 is 2.26 bits per heavy atom. The Morgan fingerprint density at radius 1 is 1.47 bits per heavy atom. The molecule has 1 aromatic heterocycles. The molecule has 0 bridgehead atoms. The van der Waals surface area contributed by atoms with Crippen molar-refractivity contribution in [3.05, 3.63) is 22.4 Å². The fourth-order valence-electron chi connectivity index (χ4n) is 3.15. The van der Waals surface area contributed by atoms with Crippen molar-refractivity contribution >= 4 is 17.2 Å². The van der Waals surface area contributed by atoms with Crippen LogP contribution in [0.3, 0.4) is 0 Å². The van der Waals surface area contributed by atoms with Gasteiger partial charge in [0, 0.05) is 12.6 Å². The molecule has 0 saturated carbocycles. The molecule has 1 amide bonds. The summed E-state index contributed by atoms with van der Waals surface area (Å²) in [5.74, 6) is 0.225. The topological polar surface area (TPSA) is 35.6 Å². The molecule has 1 N–H and O–H groups in total. The number of nitrogens with one attached hydrogen (secondary N) is 1. The SMILES string of the molecule is CC(CN1CCCC1)N1C(=O)CNC1c1ccsc1. The summed E-state index contributed by atoms with van der Waals surface area (Å²) >= 11 is 1.69. The normalized spacial score (nSPS) is 26.3. The molecule has 3 heterocycles. The molecule has 104 valence electrons. The molecule has 2 saturated heterocycles. The summed E-state index contributed by atoms with van der Waals surface area (Å²) in [6.45, 7) is 5.99. The van der Waals surface area contributed by atoms with E-state index in [-0.39, 0.29) is 18.1 Å². The second kappa shape index (κ2) is 5.61. The van der Waals surface area contributed by atoms with Crippen molar-refractivity contribution in [2.45, 2.75) is 32.0 Å². The maximum atomic E-state index is 12.1. The van der Waals surface area contributed by atoms with Crippen LogP contribution in [0.4, 0.5) is 0 Å². The van der Waals surface area contributed by atoms with Gasteiger partial charge >= 0.3 is 0 Å². The minimum Gasteiger partial charge on any atom is -0.318 e. The predicted molar refractivity (Wildman–Crippen MR) is 77.0 cm³/mol. The van der Waals surface area contributed by atoms with E-state index in [0.29, 0.717) is 6.54 Å². The van der Waals surface area contributed by atoms with E-state index in [1.165, 1.54) is 31.5 Å². The smallest absolute Gasteiger partial charge is 0.238 e. The molecule has 19 heavy (non-hydrogen) atoms. The third kappa shape index (κ3) is 2.68. The number of hydrogen-bond donors (Lipinski definition) is 1. The van der Waals surface area contributed by atoms with Gasteiger partial charge in [-0.3, -0.25) is 10.1 Å². The molecule has 2 unspecified atom stereocenters. The lowest BCUT2D eigenvalue weighted by molar-refractivity contribution is -0.130. The van der Waals surface area contributed by atoms with E-state index in [2.05, 4.69) is 34.0 Å². The van der Waals surface area contributed by atoms with E-state index in [1.807, 2.05) is 4.90 Å². The van der Waals surface area contributed by atoms with Crippen LogP contribution in [0.25, 0.3) is 0 Å². The van der Waals surface area contributed by atoms with E-state index in [4.69, 9.17) is 0 Å². The Hall–Kier alpha value is -0.910. The summed E-state index contributed by atoms with van der Waals surface area (Å²) in [5, 5.41) is 7.53. The highest BCUT2D eigenvalue weighted by Crippen LogP contribution is 2.27. The number of amides is 1. The summed E-state index contributed by atoms with van der Waals surface area (Å²) in [6.07, 6.45) is 2.66. The lowest BCUT2D eigenvalue weighted by atomic mass is 10.2. The zero-order valence-electron chi connectivity index (χ0n) is 11.3. The Labute approximate surface area is 118 Å². The molecule has 0 spiro atoms. The third-order valence-electron chi connectivity index (χ3n) is 4.07. The predicted octanol–water partition coefficient (Wildman–Crippen LogP) is 1.66. The first kappa shape index (κ1) is 13.1. The summed E-state index contributed by atoms with van der Waals surface area (Å²) in [6, 6.07) is 2.38. The molecule has 2 aliphatic rings. The summed E-state index contributed by atoms with van der Waals surface area (Å²) in [4.78, 5) is 16.6. The van der Waals surface area contributed by atoms with Crippen LogP contribution in [0.5, 0.6) is 0 Å². The molecule has 2 fully saturated rings. The lowest BCUT2D eigenvalue weighted by Gasteiger charge is -2.32. The largest absolute Gasteiger partial charge is 0.318 e. The number of hydrogen-bond acceptors (Lipinski definition) is 4. The molecule has 2 atom stereocenters. The van der Waals surface area contributed by atoms with Gasteiger partial charge in [-0.15, -0.1) is 0 Å². The standard InChI is InChI=1S/C14H21N3OS/c1-11(9-16-5-2-3-6-16)17-13(18)8-15-14(17)12-4-7-19-10-12/h4,7,10-11,14-15H,2-3,5-6,8-9H2,1H3. The number of likely N-dealkylation sites (tertiary alicyclic amines) is 1. The van der Waals surface area contributed by atoms with Crippen molar-refractivity contribution in [1.29, 1.82) is 0 Å². The van der Waals surface area contributed by atoms with Crippen LogP contribution < -0.4 is 5.32 Å². The van der Waals surface area contributed by atoms with Gasteiger partial charge in [0.1, 0.15) is 6.17 Å². The number of nitrogens with zero attached hydrogens (tertiary/aromatic N) is 2. The second-order valence-corrected chi connectivity index (χ2v) is 6.28. The van der Waals surface area contributed by atoms with E-state index < -0.39 is 0 Å². The van der Waals surface area contributed by atoms with Gasteiger partial charge in [-0.05, 0) is 55.2 Å². The second-order valence-electron chi connectivity index (χ2n) is 5.50. The Morgan fingerprint density at radius 3 is 2.95 bits per heavy atom. The Balaban J connectivity index is 1.70. The summed E-state index contributed by atoms with van der Waals surface area (Å²) in [7, 11) is 0. The lowest BCUT2D eigenvalue weighted by Crippen LogP contribution is -2.44. The van der Waals surface area contributed by atoms with Crippen molar-refractivity contribution in [1.82, 2.24) is 15.1 Å². The Bertz CT molecular complexity index is 428. The van der Waals surface area contributed by atoms with Crippen molar-refractivity contribution in [2.75, 3.05) is 26.2 Å². The molecule has 2 aliphatic heterocycles. The number of thiophene rings is 1. The third-order valence-corrected chi connectivity index (χ3v) is 4.77. The molecule has 0 aliphatic carbocycles. The van der Waals surface area contributed by atoms with Crippen LogP contribution in [0.2, 0.25) is 0 Å². The molecule has 5 heteroatoms. The molecular formula is C14H21N3OS. The molecule has 1 aromatic rings. The minimum atomic E-state index is 0.0661. The average Bonchev–Trinajstić information content (AvgIpc) is 3.07. The maximum Gasteiger partial charge on any atom is 0.238 e.